The molecule has 0 unspecified atom stereocenters. The minimum absolute atomic E-state index is 0.227. The van der Waals surface area contributed by atoms with E-state index in [1.807, 2.05) is 13.8 Å². The molecule has 6 nitrogen and oxygen atoms in total. The zero-order valence-electron chi connectivity index (χ0n) is 12.9. The van der Waals surface area contributed by atoms with Gasteiger partial charge in [0.05, 0.1) is 5.69 Å². The molecule has 1 N–H and O–H groups in total. The Balaban J connectivity index is 1.96. The number of hydrogen-bond acceptors (Lipinski definition) is 6. The maximum absolute atomic E-state index is 12.1. The summed E-state index contributed by atoms with van der Waals surface area (Å²) in [7, 11) is 0. The van der Waals surface area contributed by atoms with Crippen LogP contribution in [0, 0.1) is 13.8 Å². The molecule has 0 aromatic carbocycles. The number of hydrogen-bond donors (Lipinski definition) is 1. The van der Waals surface area contributed by atoms with Gasteiger partial charge in [0.25, 0.3) is 5.91 Å². The fourth-order valence-electron chi connectivity index (χ4n) is 1.89. The lowest BCUT2D eigenvalue weighted by atomic mass is 10.2. The summed E-state index contributed by atoms with van der Waals surface area (Å²) in [5.41, 5.74) is 1.72. The van der Waals surface area contributed by atoms with Crippen LogP contribution in [0.5, 0.6) is 0 Å². The van der Waals surface area contributed by atoms with Gasteiger partial charge in [-0.1, -0.05) is 12.1 Å². The number of nitrogens with one attached hydrogen (secondary N) is 1. The summed E-state index contributed by atoms with van der Waals surface area (Å²) in [6.45, 7) is 7.24. The van der Waals surface area contributed by atoms with Crippen molar-refractivity contribution in [3.05, 3.63) is 33.1 Å². The second kappa shape index (κ2) is 6.74. The van der Waals surface area contributed by atoms with Gasteiger partial charge in [-0.05, 0) is 38.8 Å². The number of amides is 1. The van der Waals surface area contributed by atoms with E-state index >= 15 is 0 Å². The lowest BCUT2D eigenvalue weighted by Gasteiger charge is -2.11. The van der Waals surface area contributed by atoms with Crippen LogP contribution in [-0.2, 0) is 16.0 Å². The Morgan fingerprint density at radius 2 is 2.14 bits per heavy atom. The van der Waals surface area contributed by atoms with Gasteiger partial charge in [0.15, 0.2) is 6.10 Å². The van der Waals surface area contributed by atoms with Gasteiger partial charge >= 0.3 is 5.97 Å². The molecule has 0 bridgehead atoms. The van der Waals surface area contributed by atoms with Crippen LogP contribution in [0.2, 0.25) is 0 Å². The molecule has 0 radical (unpaired) electrons. The third kappa shape index (κ3) is 3.73. The van der Waals surface area contributed by atoms with Crippen LogP contribution in [0.4, 0.5) is 5.88 Å². The lowest BCUT2D eigenvalue weighted by molar-refractivity contribution is -0.123. The molecule has 0 aliphatic rings. The zero-order chi connectivity index (χ0) is 16.3. The predicted molar refractivity (Wildman–Crippen MR) is 83.2 cm³/mol. The van der Waals surface area contributed by atoms with Gasteiger partial charge in [0, 0.05) is 10.9 Å². The largest absolute Gasteiger partial charge is 0.448 e. The molecule has 22 heavy (non-hydrogen) atoms. The van der Waals surface area contributed by atoms with Crippen LogP contribution in [0.15, 0.2) is 16.7 Å². The minimum atomic E-state index is -0.926. The predicted octanol–water partition coefficient (Wildman–Crippen LogP) is 3.10. The Morgan fingerprint density at radius 3 is 2.68 bits per heavy atom. The van der Waals surface area contributed by atoms with E-state index in [1.54, 1.807) is 19.1 Å². The van der Waals surface area contributed by atoms with Crippen molar-refractivity contribution in [3.8, 4) is 0 Å². The van der Waals surface area contributed by atoms with Crippen LogP contribution in [0.3, 0.4) is 0 Å². The van der Waals surface area contributed by atoms with Crippen molar-refractivity contribution in [1.29, 1.82) is 0 Å². The summed E-state index contributed by atoms with van der Waals surface area (Å²) in [5.74, 6) is -0.733. The lowest BCUT2D eigenvalue weighted by Crippen LogP contribution is -2.29. The minimum Gasteiger partial charge on any atom is -0.448 e. The first-order chi connectivity index (χ1) is 10.4. The SMILES string of the molecule is CCc1sc(C(=O)O[C@@H](C)C(=O)Nc2cc(C)no2)cc1C. The Labute approximate surface area is 132 Å². The summed E-state index contributed by atoms with van der Waals surface area (Å²) >= 11 is 1.39. The first-order valence-corrected chi connectivity index (χ1v) is 7.76. The van der Waals surface area contributed by atoms with E-state index in [0.29, 0.717) is 10.6 Å². The van der Waals surface area contributed by atoms with Gasteiger partial charge in [0.2, 0.25) is 5.88 Å². The molecule has 0 spiro atoms. The number of esters is 1. The van der Waals surface area contributed by atoms with Crippen molar-refractivity contribution in [2.45, 2.75) is 40.2 Å². The molecule has 0 saturated heterocycles. The van der Waals surface area contributed by atoms with Crippen LogP contribution in [0.25, 0.3) is 0 Å². The molecule has 2 heterocycles. The third-order valence-electron chi connectivity index (χ3n) is 3.07. The molecule has 118 valence electrons. The zero-order valence-corrected chi connectivity index (χ0v) is 13.7. The fourth-order valence-corrected chi connectivity index (χ4v) is 2.89. The van der Waals surface area contributed by atoms with Crippen molar-refractivity contribution in [3.63, 3.8) is 0 Å². The van der Waals surface area contributed by atoms with Gasteiger partial charge in [-0.15, -0.1) is 11.3 Å². The number of aromatic nitrogens is 1. The van der Waals surface area contributed by atoms with E-state index in [-0.39, 0.29) is 5.88 Å². The molecular weight excluding hydrogens is 304 g/mol. The van der Waals surface area contributed by atoms with Crippen LogP contribution >= 0.6 is 11.3 Å². The van der Waals surface area contributed by atoms with Crippen molar-refractivity contribution >= 4 is 29.1 Å². The second-order valence-electron chi connectivity index (χ2n) is 4.94. The number of thiophene rings is 1. The Bertz CT molecular complexity index is 690. The molecule has 2 aromatic heterocycles. The van der Waals surface area contributed by atoms with Crippen LogP contribution in [-0.4, -0.2) is 23.1 Å². The summed E-state index contributed by atoms with van der Waals surface area (Å²) in [6.07, 6.45) is -0.0598. The quantitative estimate of drug-likeness (QED) is 0.855. The monoisotopic (exact) mass is 322 g/mol. The highest BCUT2D eigenvalue weighted by Crippen LogP contribution is 2.23. The Hall–Kier alpha value is -2.15. The molecule has 0 saturated carbocycles. The number of ether oxygens (including phenoxy) is 1. The maximum Gasteiger partial charge on any atom is 0.349 e. The number of aryl methyl sites for hydroxylation is 3. The highest BCUT2D eigenvalue weighted by molar-refractivity contribution is 7.14. The number of carbonyl (C=O) groups excluding carboxylic acids is 2. The molecular formula is C15H18N2O4S. The normalized spacial score (nSPS) is 12.0. The Morgan fingerprint density at radius 1 is 1.41 bits per heavy atom. The Kier molecular flexibility index (Phi) is 4.97. The van der Waals surface area contributed by atoms with E-state index in [1.165, 1.54) is 18.3 Å². The van der Waals surface area contributed by atoms with Crippen molar-refractivity contribution in [1.82, 2.24) is 5.16 Å². The fraction of sp³-hybridized carbons (Fsp3) is 0.400. The van der Waals surface area contributed by atoms with E-state index in [2.05, 4.69) is 10.5 Å². The second-order valence-corrected chi connectivity index (χ2v) is 6.08. The molecule has 1 amide bonds. The summed E-state index contributed by atoms with van der Waals surface area (Å²) in [6, 6.07) is 3.37. The number of anilines is 1. The van der Waals surface area contributed by atoms with Crippen molar-refractivity contribution in [2.75, 3.05) is 5.32 Å². The van der Waals surface area contributed by atoms with Crippen LogP contribution in [0.1, 0.15) is 39.7 Å². The van der Waals surface area contributed by atoms with Gasteiger partial charge < -0.3 is 9.26 Å². The molecule has 7 heteroatoms. The first-order valence-electron chi connectivity index (χ1n) is 6.95. The van der Waals surface area contributed by atoms with Gasteiger partial charge in [-0.3, -0.25) is 10.1 Å². The molecule has 2 aromatic rings. The smallest absolute Gasteiger partial charge is 0.349 e. The molecule has 1 atom stereocenters. The molecule has 0 aliphatic heterocycles. The summed E-state index contributed by atoms with van der Waals surface area (Å²) in [4.78, 5) is 25.7. The molecule has 0 aliphatic carbocycles. The van der Waals surface area contributed by atoms with E-state index in [9.17, 15) is 9.59 Å². The maximum atomic E-state index is 12.1. The highest BCUT2D eigenvalue weighted by Gasteiger charge is 2.21. The number of carbonyl (C=O) groups is 2. The van der Waals surface area contributed by atoms with Crippen LogP contribution < -0.4 is 5.32 Å². The average molecular weight is 322 g/mol. The number of nitrogens with zero attached hydrogens (tertiary/aromatic N) is 1. The third-order valence-corrected chi connectivity index (χ3v) is 4.43. The first kappa shape index (κ1) is 16.2. The molecule has 2 rings (SSSR count). The van der Waals surface area contributed by atoms with E-state index in [4.69, 9.17) is 9.26 Å². The topological polar surface area (TPSA) is 81.4 Å². The average Bonchev–Trinajstić information content (AvgIpc) is 3.04. The van der Waals surface area contributed by atoms with Gasteiger partial charge in [0.1, 0.15) is 4.88 Å². The standard InChI is InChI=1S/C15H18N2O4S/c1-5-11-8(2)6-12(22-11)15(19)20-10(4)14(18)16-13-7-9(3)17-21-13/h6-7,10H,5H2,1-4H3,(H,16,18)/t10-/m0/s1. The number of rotatable bonds is 5. The van der Waals surface area contributed by atoms with E-state index < -0.39 is 18.0 Å². The van der Waals surface area contributed by atoms with E-state index in [0.717, 1.165) is 16.9 Å². The summed E-state index contributed by atoms with van der Waals surface area (Å²) in [5, 5.41) is 6.17. The highest BCUT2D eigenvalue weighted by atomic mass is 32.1. The van der Waals surface area contributed by atoms with Gasteiger partial charge in [-0.2, -0.15) is 0 Å². The summed E-state index contributed by atoms with van der Waals surface area (Å²) < 4.78 is 10.1. The molecule has 0 fully saturated rings. The van der Waals surface area contributed by atoms with Gasteiger partial charge in [-0.25, -0.2) is 4.79 Å². The van der Waals surface area contributed by atoms with Crippen molar-refractivity contribution < 1.29 is 18.8 Å². The van der Waals surface area contributed by atoms with Crippen molar-refractivity contribution in [2.24, 2.45) is 0 Å².